The van der Waals surface area contributed by atoms with Crippen LogP contribution >= 0.6 is 0 Å². The van der Waals surface area contributed by atoms with Crippen molar-refractivity contribution in [3.8, 4) is 11.8 Å². The van der Waals surface area contributed by atoms with Gasteiger partial charge in [0.2, 0.25) is 0 Å². The molecule has 0 bridgehead atoms. The largest absolute Gasteiger partial charge is 0.477 e. The van der Waals surface area contributed by atoms with E-state index in [0.717, 1.165) is 11.1 Å². The molecule has 0 atom stereocenters. The van der Waals surface area contributed by atoms with Gasteiger partial charge in [-0.2, -0.15) is 0 Å². The number of aliphatic carboxylic acids is 1. The molecule has 2 nitrogen and oxygen atoms in total. The normalized spacial score (nSPS) is 10.4. The molecule has 0 fully saturated rings. The molecule has 2 aromatic rings. The highest BCUT2D eigenvalue weighted by Crippen LogP contribution is 2.06. The number of hydrogen-bond donors (Lipinski definition) is 1. The number of hydrogen-bond acceptors (Lipinski definition) is 1. The Labute approximate surface area is 112 Å². The highest BCUT2D eigenvalue weighted by molar-refractivity contribution is 5.97. The van der Waals surface area contributed by atoms with Gasteiger partial charge >= 0.3 is 5.97 Å². The van der Waals surface area contributed by atoms with E-state index in [9.17, 15) is 4.79 Å². The van der Waals surface area contributed by atoms with Gasteiger partial charge in [0.15, 0.2) is 0 Å². The summed E-state index contributed by atoms with van der Waals surface area (Å²) in [6.45, 7) is 0. The maximum atomic E-state index is 11.2. The predicted octanol–water partition coefficient (Wildman–Crippen LogP) is 3.21. The molecule has 19 heavy (non-hydrogen) atoms. The van der Waals surface area contributed by atoms with Gasteiger partial charge < -0.3 is 5.11 Å². The zero-order chi connectivity index (χ0) is 13.5. The van der Waals surface area contributed by atoms with E-state index in [4.69, 9.17) is 5.11 Å². The van der Waals surface area contributed by atoms with Crippen LogP contribution in [0.4, 0.5) is 0 Å². The van der Waals surface area contributed by atoms with Crippen LogP contribution in [0, 0.1) is 11.8 Å². The van der Waals surface area contributed by atoms with Crippen molar-refractivity contribution in [3.05, 3.63) is 77.4 Å². The first kappa shape index (κ1) is 12.7. The lowest BCUT2D eigenvalue weighted by Gasteiger charge is -1.94. The second kappa shape index (κ2) is 6.23. The SMILES string of the molecule is O=C(O)/C(C#Cc1ccccc1)=C/c1ccccc1. The van der Waals surface area contributed by atoms with Crippen LogP contribution in [0.3, 0.4) is 0 Å². The molecule has 0 heterocycles. The quantitative estimate of drug-likeness (QED) is 0.654. The molecule has 0 saturated carbocycles. The molecule has 1 N–H and O–H groups in total. The van der Waals surface area contributed by atoms with Crippen LogP contribution in [0.15, 0.2) is 66.2 Å². The van der Waals surface area contributed by atoms with Crippen LogP contribution < -0.4 is 0 Å². The Balaban J connectivity index is 2.31. The highest BCUT2D eigenvalue weighted by atomic mass is 16.4. The van der Waals surface area contributed by atoms with Crippen LogP contribution in [-0.2, 0) is 4.79 Å². The smallest absolute Gasteiger partial charge is 0.344 e. The van der Waals surface area contributed by atoms with E-state index in [2.05, 4.69) is 11.8 Å². The van der Waals surface area contributed by atoms with Crippen molar-refractivity contribution in [3.63, 3.8) is 0 Å². The van der Waals surface area contributed by atoms with E-state index in [1.54, 1.807) is 6.08 Å². The average Bonchev–Trinajstić information content (AvgIpc) is 2.45. The molecule has 0 aliphatic heterocycles. The van der Waals surface area contributed by atoms with Crippen molar-refractivity contribution >= 4 is 12.0 Å². The van der Waals surface area contributed by atoms with Gasteiger partial charge in [-0.25, -0.2) is 4.79 Å². The minimum Gasteiger partial charge on any atom is -0.477 e. The predicted molar refractivity (Wildman–Crippen MR) is 75.4 cm³/mol. The molecule has 0 aromatic heterocycles. The first-order valence-corrected chi connectivity index (χ1v) is 5.83. The molecular formula is C17H12O2. The fourth-order valence-corrected chi connectivity index (χ4v) is 1.53. The third-order valence-electron chi connectivity index (χ3n) is 2.46. The van der Waals surface area contributed by atoms with Gasteiger partial charge in [0.1, 0.15) is 5.57 Å². The van der Waals surface area contributed by atoms with Gasteiger partial charge in [-0.15, -0.1) is 0 Å². The van der Waals surface area contributed by atoms with E-state index in [-0.39, 0.29) is 5.57 Å². The molecule has 0 saturated heterocycles. The summed E-state index contributed by atoms with van der Waals surface area (Å²) in [7, 11) is 0. The van der Waals surface area contributed by atoms with E-state index in [0.29, 0.717) is 0 Å². The van der Waals surface area contributed by atoms with Gasteiger partial charge in [0.25, 0.3) is 0 Å². The molecular weight excluding hydrogens is 236 g/mol. The third kappa shape index (κ3) is 3.86. The van der Waals surface area contributed by atoms with Gasteiger partial charge in [-0.3, -0.25) is 0 Å². The summed E-state index contributed by atoms with van der Waals surface area (Å²) in [6, 6.07) is 18.6. The summed E-state index contributed by atoms with van der Waals surface area (Å²) < 4.78 is 0. The van der Waals surface area contributed by atoms with Crippen LogP contribution in [0.2, 0.25) is 0 Å². The summed E-state index contributed by atoms with van der Waals surface area (Å²) in [4.78, 5) is 11.2. The van der Waals surface area contributed by atoms with E-state index >= 15 is 0 Å². The zero-order valence-electron chi connectivity index (χ0n) is 10.2. The van der Waals surface area contributed by atoms with Gasteiger partial charge in [0.05, 0.1) is 0 Å². The van der Waals surface area contributed by atoms with Crippen LogP contribution in [-0.4, -0.2) is 11.1 Å². The Kier molecular flexibility index (Phi) is 4.15. The molecule has 0 radical (unpaired) electrons. The number of carbonyl (C=O) groups is 1. The maximum absolute atomic E-state index is 11.2. The monoisotopic (exact) mass is 248 g/mol. The first-order valence-electron chi connectivity index (χ1n) is 5.83. The lowest BCUT2D eigenvalue weighted by Crippen LogP contribution is -1.97. The van der Waals surface area contributed by atoms with E-state index < -0.39 is 5.97 Å². The van der Waals surface area contributed by atoms with Crippen molar-refractivity contribution in [1.82, 2.24) is 0 Å². The number of carboxylic acid groups (broad SMARTS) is 1. The second-order valence-electron chi connectivity index (χ2n) is 3.89. The minimum atomic E-state index is -1.02. The molecule has 2 heteroatoms. The standard InChI is InChI=1S/C17H12O2/c18-17(19)16(13-15-9-5-2-6-10-15)12-11-14-7-3-1-4-8-14/h1-10,13H,(H,18,19)/b16-13+. The number of rotatable bonds is 2. The fourth-order valence-electron chi connectivity index (χ4n) is 1.53. The Morgan fingerprint density at radius 2 is 1.53 bits per heavy atom. The van der Waals surface area contributed by atoms with Crippen LogP contribution in [0.25, 0.3) is 6.08 Å². The van der Waals surface area contributed by atoms with Crippen molar-refractivity contribution in [1.29, 1.82) is 0 Å². The van der Waals surface area contributed by atoms with Crippen molar-refractivity contribution in [2.45, 2.75) is 0 Å². The highest BCUT2D eigenvalue weighted by Gasteiger charge is 2.03. The van der Waals surface area contributed by atoms with E-state index in [1.165, 1.54) is 0 Å². The zero-order valence-corrected chi connectivity index (χ0v) is 10.2. The molecule has 0 amide bonds. The summed E-state index contributed by atoms with van der Waals surface area (Å²) >= 11 is 0. The molecule has 0 aliphatic carbocycles. The van der Waals surface area contributed by atoms with Gasteiger partial charge in [-0.1, -0.05) is 60.4 Å². The molecule has 2 rings (SSSR count). The van der Waals surface area contributed by atoms with Gasteiger partial charge in [0, 0.05) is 5.56 Å². The Morgan fingerprint density at radius 1 is 0.947 bits per heavy atom. The fraction of sp³-hybridized carbons (Fsp3) is 0. The second-order valence-corrected chi connectivity index (χ2v) is 3.89. The molecule has 92 valence electrons. The molecule has 0 aliphatic rings. The minimum absolute atomic E-state index is 0.0788. The van der Waals surface area contributed by atoms with Crippen LogP contribution in [0.1, 0.15) is 11.1 Å². The lowest BCUT2D eigenvalue weighted by molar-refractivity contribution is -0.132. The summed E-state index contributed by atoms with van der Waals surface area (Å²) in [5.41, 5.74) is 1.69. The average molecular weight is 248 g/mol. The summed E-state index contributed by atoms with van der Waals surface area (Å²) in [5.74, 6) is 4.52. The summed E-state index contributed by atoms with van der Waals surface area (Å²) in [6.07, 6.45) is 1.57. The van der Waals surface area contributed by atoms with E-state index in [1.807, 2.05) is 60.7 Å². The maximum Gasteiger partial charge on any atom is 0.344 e. The third-order valence-corrected chi connectivity index (χ3v) is 2.46. The Bertz CT molecular complexity index is 644. The topological polar surface area (TPSA) is 37.3 Å². The van der Waals surface area contributed by atoms with Crippen molar-refractivity contribution in [2.24, 2.45) is 0 Å². The summed E-state index contributed by atoms with van der Waals surface area (Å²) in [5, 5.41) is 9.14. The molecule has 0 unspecified atom stereocenters. The Morgan fingerprint density at radius 3 is 2.11 bits per heavy atom. The first-order chi connectivity index (χ1) is 9.25. The molecule has 2 aromatic carbocycles. The molecule has 0 spiro atoms. The van der Waals surface area contributed by atoms with Gasteiger partial charge in [-0.05, 0) is 23.8 Å². The van der Waals surface area contributed by atoms with Crippen LogP contribution in [0.5, 0.6) is 0 Å². The Hall–Kier alpha value is -2.79. The number of carboxylic acids is 1. The van der Waals surface area contributed by atoms with Crippen molar-refractivity contribution in [2.75, 3.05) is 0 Å². The lowest BCUT2D eigenvalue weighted by atomic mass is 10.1. The van der Waals surface area contributed by atoms with Crippen molar-refractivity contribution < 1.29 is 9.90 Å². The number of benzene rings is 2.